The van der Waals surface area contributed by atoms with E-state index in [4.69, 9.17) is 0 Å². The SMILES string of the molecule is Cc1ccc(S(=O)(=O)N(C)[C@H]2c3ccccc3C=C[C@@H]2N2CCCC2)cc1. The van der Waals surface area contributed by atoms with E-state index in [1.54, 1.807) is 23.5 Å². The van der Waals surface area contributed by atoms with Crippen molar-refractivity contribution in [3.63, 3.8) is 0 Å². The number of sulfonamides is 1. The summed E-state index contributed by atoms with van der Waals surface area (Å²) in [5.41, 5.74) is 3.23. The Morgan fingerprint density at radius 2 is 1.67 bits per heavy atom. The van der Waals surface area contributed by atoms with Gasteiger partial charge in [-0.2, -0.15) is 4.31 Å². The van der Waals surface area contributed by atoms with Crippen LogP contribution in [0.1, 0.15) is 35.6 Å². The zero-order valence-corrected chi connectivity index (χ0v) is 16.7. The Kier molecular flexibility index (Phi) is 4.93. The highest BCUT2D eigenvalue weighted by Crippen LogP contribution is 2.38. The summed E-state index contributed by atoms with van der Waals surface area (Å²) >= 11 is 0. The molecule has 2 atom stereocenters. The van der Waals surface area contributed by atoms with E-state index in [1.165, 1.54) is 12.8 Å². The Balaban J connectivity index is 1.77. The van der Waals surface area contributed by atoms with Crippen LogP contribution >= 0.6 is 0 Å². The highest BCUT2D eigenvalue weighted by molar-refractivity contribution is 7.89. The summed E-state index contributed by atoms with van der Waals surface area (Å²) in [6.45, 7) is 4.00. The van der Waals surface area contributed by atoms with Crippen LogP contribution in [0.25, 0.3) is 6.08 Å². The molecule has 1 aliphatic heterocycles. The third-order valence-electron chi connectivity index (χ3n) is 5.76. The molecule has 27 heavy (non-hydrogen) atoms. The van der Waals surface area contributed by atoms with Gasteiger partial charge in [0.1, 0.15) is 0 Å². The lowest BCUT2D eigenvalue weighted by molar-refractivity contribution is 0.191. The maximum atomic E-state index is 13.4. The smallest absolute Gasteiger partial charge is 0.243 e. The van der Waals surface area contributed by atoms with E-state index in [9.17, 15) is 8.42 Å². The van der Waals surface area contributed by atoms with Gasteiger partial charge < -0.3 is 0 Å². The van der Waals surface area contributed by atoms with E-state index in [1.807, 2.05) is 31.2 Å². The second kappa shape index (κ2) is 7.23. The molecule has 142 valence electrons. The second-order valence-corrected chi connectivity index (χ2v) is 9.50. The van der Waals surface area contributed by atoms with Crippen LogP contribution in [0.3, 0.4) is 0 Å². The zero-order chi connectivity index (χ0) is 19.0. The molecule has 0 saturated carbocycles. The first-order chi connectivity index (χ1) is 13.0. The van der Waals surface area contributed by atoms with Crippen LogP contribution in [0.4, 0.5) is 0 Å². The van der Waals surface area contributed by atoms with Gasteiger partial charge in [-0.15, -0.1) is 0 Å². The Bertz CT molecular complexity index is 945. The fourth-order valence-electron chi connectivity index (χ4n) is 4.22. The molecule has 0 N–H and O–H groups in total. The number of nitrogens with zero attached hydrogens (tertiary/aromatic N) is 2. The van der Waals surface area contributed by atoms with E-state index >= 15 is 0 Å². The van der Waals surface area contributed by atoms with E-state index in [0.29, 0.717) is 4.90 Å². The third kappa shape index (κ3) is 3.35. The summed E-state index contributed by atoms with van der Waals surface area (Å²) in [5.74, 6) is 0. The van der Waals surface area contributed by atoms with Crippen LogP contribution in [0, 0.1) is 6.92 Å². The minimum absolute atomic E-state index is 0.0626. The maximum Gasteiger partial charge on any atom is 0.243 e. The first kappa shape index (κ1) is 18.4. The average molecular weight is 383 g/mol. The summed E-state index contributed by atoms with van der Waals surface area (Å²) in [4.78, 5) is 2.76. The number of hydrogen-bond donors (Lipinski definition) is 0. The first-order valence-electron chi connectivity index (χ1n) is 9.54. The van der Waals surface area contributed by atoms with Crippen molar-refractivity contribution in [1.82, 2.24) is 9.21 Å². The number of aryl methyl sites for hydroxylation is 1. The van der Waals surface area contributed by atoms with Gasteiger partial charge in [-0.3, -0.25) is 4.90 Å². The molecule has 0 radical (unpaired) electrons. The van der Waals surface area contributed by atoms with Crippen LogP contribution in [0.2, 0.25) is 0 Å². The molecule has 4 nitrogen and oxygen atoms in total. The zero-order valence-electron chi connectivity index (χ0n) is 15.9. The highest BCUT2D eigenvalue weighted by atomic mass is 32.2. The molecule has 1 aliphatic carbocycles. The predicted octanol–water partition coefficient (Wildman–Crippen LogP) is 3.85. The fourth-order valence-corrected chi connectivity index (χ4v) is 5.57. The topological polar surface area (TPSA) is 40.6 Å². The molecule has 5 heteroatoms. The van der Waals surface area contributed by atoms with Gasteiger partial charge in [0.25, 0.3) is 0 Å². The lowest BCUT2D eigenvalue weighted by Crippen LogP contribution is -2.46. The molecule has 0 amide bonds. The normalized spacial score (nSPS) is 22.9. The molecule has 4 rings (SSSR count). The molecular weight excluding hydrogens is 356 g/mol. The number of benzene rings is 2. The van der Waals surface area contributed by atoms with E-state index < -0.39 is 10.0 Å². The molecule has 2 aliphatic rings. The second-order valence-electron chi connectivity index (χ2n) is 7.50. The van der Waals surface area contributed by atoms with Crippen molar-refractivity contribution in [1.29, 1.82) is 0 Å². The molecule has 1 saturated heterocycles. The van der Waals surface area contributed by atoms with Crippen molar-refractivity contribution in [2.24, 2.45) is 0 Å². The van der Waals surface area contributed by atoms with Crippen molar-refractivity contribution >= 4 is 16.1 Å². The minimum atomic E-state index is -3.59. The van der Waals surface area contributed by atoms with Gasteiger partial charge in [-0.25, -0.2) is 8.42 Å². The Hall–Kier alpha value is -1.95. The molecule has 2 aromatic rings. The monoisotopic (exact) mass is 382 g/mol. The number of hydrogen-bond acceptors (Lipinski definition) is 3. The van der Waals surface area contributed by atoms with Gasteiger partial charge in [-0.05, 0) is 56.1 Å². The standard InChI is InChI=1S/C22H26N2O2S/c1-17-9-12-19(13-10-17)27(25,26)23(2)22-20-8-4-3-7-18(20)11-14-21(22)24-15-5-6-16-24/h3-4,7-14,21-22H,5-6,15-16H2,1-2H3/t21-,22-/m0/s1. The minimum Gasteiger partial charge on any atom is -0.295 e. The first-order valence-corrected chi connectivity index (χ1v) is 11.0. The molecule has 0 aromatic heterocycles. The molecule has 1 heterocycles. The summed E-state index contributed by atoms with van der Waals surface area (Å²) in [7, 11) is -1.87. The molecule has 0 unspecified atom stereocenters. The van der Waals surface area contributed by atoms with Crippen molar-refractivity contribution in [2.45, 2.75) is 36.7 Å². The van der Waals surface area contributed by atoms with Crippen molar-refractivity contribution in [3.05, 3.63) is 71.3 Å². The van der Waals surface area contributed by atoms with Crippen LogP contribution in [0.5, 0.6) is 0 Å². The van der Waals surface area contributed by atoms with E-state index in [-0.39, 0.29) is 12.1 Å². The quantitative estimate of drug-likeness (QED) is 0.806. The van der Waals surface area contributed by atoms with Gasteiger partial charge in [-0.1, -0.05) is 54.1 Å². The maximum absolute atomic E-state index is 13.4. The number of fused-ring (bicyclic) bond motifs is 1. The van der Waals surface area contributed by atoms with Crippen LogP contribution in [-0.4, -0.2) is 43.8 Å². The summed E-state index contributed by atoms with van der Waals surface area (Å²) in [5, 5.41) is 0. The van der Waals surface area contributed by atoms with Gasteiger partial charge in [0, 0.05) is 13.1 Å². The van der Waals surface area contributed by atoms with Crippen molar-refractivity contribution in [3.8, 4) is 0 Å². The molecule has 0 spiro atoms. The van der Waals surface area contributed by atoms with Gasteiger partial charge >= 0.3 is 0 Å². The van der Waals surface area contributed by atoms with Gasteiger partial charge in [0.2, 0.25) is 10.0 Å². The fraction of sp³-hybridized carbons (Fsp3) is 0.364. The van der Waals surface area contributed by atoms with Crippen LogP contribution in [0.15, 0.2) is 59.5 Å². The third-order valence-corrected chi connectivity index (χ3v) is 7.62. The Morgan fingerprint density at radius 1 is 1.00 bits per heavy atom. The number of rotatable bonds is 4. The molecule has 1 fully saturated rings. The van der Waals surface area contributed by atoms with Crippen molar-refractivity contribution in [2.75, 3.05) is 20.1 Å². The van der Waals surface area contributed by atoms with Crippen LogP contribution in [-0.2, 0) is 10.0 Å². The number of likely N-dealkylation sites (tertiary alicyclic amines) is 1. The number of likely N-dealkylation sites (N-methyl/N-ethyl adjacent to an activating group) is 1. The highest BCUT2D eigenvalue weighted by Gasteiger charge is 2.39. The van der Waals surface area contributed by atoms with Crippen LogP contribution < -0.4 is 0 Å². The van der Waals surface area contributed by atoms with Gasteiger partial charge in [0.05, 0.1) is 10.9 Å². The van der Waals surface area contributed by atoms with E-state index in [2.05, 4.69) is 29.2 Å². The average Bonchev–Trinajstić information content (AvgIpc) is 3.21. The van der Waals surface area contributed by atoms with E-state index in [0.717, 1.165) is 29.8 Å². The lowest BCUT2D eigenvalue weighted by Gasteiger charge is -2.40. The lowest BCUT2D eigenvalue weighted by atomic mass is 9.88. The Morgan fingerprint density at radius 3 is 2.37 bits per heavy atom. The van der Waals surface area contributed by atoms with Crippen molar-refractivity contribution < 1.29 is 8.42 Å². The Labute approximate surface area is 162 Å². The summed E-state index contributed by atoms with van der Waals surface area (Å²) in [6.07, 6.45) is 6.67. The summed E-state index contributed by atoms with van der Waals surface area (Å²) in [6, 6.07) is 15.1. The molecular formula is C22H26N2O2S. The molecule has 2 aromatic carbocycles. The predicted molar refractivity (Wildman–Crippen MR) is 109 cm³/mol. The summed E-state index contributed by atoms with van der Waals surface area (Å²) < 4.78 is 28.4. The van der Waals surface area contributed by atoms with Gasteiger partial charge in [0.15, 0.2) is 0 Å². The molecule has 0 bridgehead atoms. The largest absolute Gasteiger partial charge is 0.295 e.